The molecule has 0 amide bonds. The van der Waals surface area contributed by atoms with E-state index in [4.69, 9.17) is 14.9 Å². The summed E-state index contributed by atoms with van der Waals surface area (Å²) >= 11 is 0. The molecule has 0 aliphatic carbocycles. The monoisotopic (exact) mass is 284 g/mol. The van der Waals surface area contributed by atoms with Crippen molar-refractivity contribution in [2.75, 3.05) is 7.11 Å². The van der Waals surface area contributed by atoms with Crippen LogP contribution < -0.4 is 16.2 Å². The molecule has 1 heterocycles. The predicted molar refractivity (Wildman–Crippen MR) is 80.5 cm³/mol. The van der Waals surface area contributed by atoms with Gasteiger partial charge < -0.3 is 14.9 Å². The second-order valence-corrected chi connectivity index (χ2v) is 4.77. The van der Waals surface area contributed by atoms with Crippen molar-refractivity contribution in [1.29, 1.82) is 0 Å². The van der Waals surface area contributed by atoms with E-state index < -0.39 is 0 Å². The Morgan fingerprint density at radius 1 is 1.24 bits per heavy atom. The summed E-state index contributed by atoms with van der Waals surface area (Å²) in [6, 6.07) is 13.1. The lowest BCUT2D eigenvalue weighted by molar-refractivity contribution is 0.409. The largest absolute Gasteiger partial charge is 0.496 e. The Balaban J connectivity index is 2.03. The molecule has 1 aromatic heterocycles. The molecule has 0 saturated heterocycles. The highest BCUT2D eigenvalue weighted by Gasteiger charge is 2.10. The maximum absolute atomic E-state index is 12.0. The number of rotatable bonds is 4. The first kappa shape index (κ1) is 13.5. The van der Waals surface area contributed by atoms with Crippen molar-refractivity contribution in [3.05, 3.63) is 64.1 Å². The summed E-state index contributed by atoms with van der Waals surface area (Å²) in [6.45, 7) is 0.824. The number of benzene rings is 2. The summed E-state index contributed by atoms with van der Waals surface area (Å²) in [4.78, 5) is 12.0. The second-order valence-electron chi connectivity index (χ2n) is 4.77. The molecule has 0 fully saturated rings. The Labute approximate surface area is 121 Å². The van der Waals surface area contributed by atoms with Gasteiger partial charge in [0.15, 0.2) is 5.58 Å². The number of aromatic nitrogens is 1. The van der Waals surface area contributed by atoms with Gasteiger partial charge >= 0.3 is 5.76 Å². The SMILES string of the molecule is COc1ccc(Cn2c(=O)oc3ccccc32)cc1CN. The zero-order valence-corrected chi connectivity index (χ0v) is 11.7. The molecule has 0 atom stereocenters. The summed E-state index contributed by atoms with van der Waals surface area (Å²) < 4.78 is 12.1. The third kappa shape index (κ3) is 2.43. The van der Waals surface area contributed by atoms with Crippen LogP contribution in [0.1, 0.15) is 11.1 Å². The van der Waals surface area contributed by atoms with Crippen LogP contribution in [-0.4, -0.2) is 11.7 Å². The minimum Gasteiger partial charge on any atom is -0.496 e. The van der Waals surface area contributed by atoms with Gasteiger partial charge in [0, 0.05) is 12.1 Å². The zero-order valence-electron chi connectivity index (χ0n) is 11.7. The number of nitrogens with two attached hydrogens (primary N) is 1. The number of hydrogen-bond acceptors (Lipinski definition) is 4. The van der Waals surface area contributed by atoms with E-state index in [-0.39, 0.29) is 5.76 Å². The molecule has 0 saturated carbocycles. The number of hydrogen-bond donors (Lipinski definition) is 1. The van der Waals surface area contributed by atoms with Crippen LogP contribution in [0.4, 0.5) is 0 Å². The first-order valence-electron chi connectivity index (χ1n) is 6.67. The predicted octanol–water partition coefficient (Wildman–Crippen LogP) is 2.11. The van der Waals surface area contributed by atoms with Gasteiger partial charge in [-0.3, -0.25) is 4.57 Å². The first-order chi connectivity index (χ1) is 10.2. The van der Waals surface area contributed by atoms with Gasteiger partial charge in [0.05, 0.1) is 19.2 Å². The smallest absolute Gasteiger partial charge is 0.420 e. The topological polar surface area (TPSA) is 70.4 Å². The normalized spacial score (nSPS) is 11.0. The lowest BCUT2D eigenvalue weighted by atomic mass is 10.1. The quantitative estimate of drug-likeness (QED) is 0.796. The fraction of sp³-hybridized carbons (Fsp3) is 0.188. The van der Waals surface area contributed by atoms with Crippen LogP contribution >= 0.6 is 0 Å². The third-order valence-electron chi connectivity index (χ3n) is 3.48. The van der Waals surface area contributed by atoms with E-state index in [1.54, 1.807) is 17.7 Å². The molecular weight excluding hydrogens is 268 g/mol. The summed E-state index contributed by atoms with van der Waals surface area (Å²) in [5, 5.41) is 0. The highest BCUT2D eigenvalue weighted by atomic mass is 16.5. The first-order valence-corrected chi connectivity index (χ1v) is 6.67. The fourth-order valence-corrected chi connectivity index (χ4v) is 2.44. The van der Waals surface area contributed by atoms with E-state index in [1.807, 2.05) is 36.4 Å². The highest BCUT2D eigenvalue weighted by molar-refractivity contribution is 5.72. The van der Waals surface area contributed by atoms with Gasteiger partial charge in [-0.05, 0) is 29.8 Å². The van der Waals surface area contributed by atoms with Gasteiger partial charge in [-0.15, -0.1) is 0 Å². The Bertz CT molecular complexity index is 833. The highest BCUT2D eigenvalue weighted by Crippen LogP contribution is 2.21. The maximum atomic E-state index is 12.0. The fourth-order valence-electron chi connectivity index (χ4n) is 2.44. The third-order valence-corrected chi connectivity index (χ3v) is 3.48. The summed E-state index contributed by atoms with van der Waals surface area (Å²) in [6.07, 6.45) is 0. The number of ether oxygens (including phenoxy) is 1. The van der Waals surface area contributed by atoms with Crippen LogP contribution in [0.25, 0.3) is 11.1 Å². The number of oxazole rings is 1. The van der Waals surface area contributed by atoms with Crippen LogP contribution in [0, 0.1) is 0 Å². The molecule has 3 rings (SSSR count). The molecule has 5 heteroatoms. The molecule has 0 spiro atoms. The second kappa shape index (κ2) is 5.46. The van der Waals surface area contributed by atoms with E-state index in [2.05, 4.69) is 0 Å². The molecule has 3 aromatic rings. The van der Waals surface area contributed by atoms with Crippen LogP contribution in [0.15, 0.2) is 51.7 Å². The summed E-state index contributed by atoms with van der Waals surface area (Å²) in [5.74, 6) is 0.395. The van der Waals surface area contributed by atoms with Crippen molar-refractivity contribution < 1.29 is 9.15 Å². The van der Waals surface area contributed by atoms with Gasteiger partial charge in [-0.25, -0.2) is 4.79 Å². The van der Waals surface area contributed by atoms with E-state index in [9.17, 15) is 4.79 Å². The average molecular weight is 284 g/mol. The summed E-state index contributed by atoms with van der Waals surface area (Å²) in [7, 11) is 1.61. The number of methoxy groups -OCH3 is 1. The van der Waals surface area contributed by atoms with Gasteiger partial charge in [0.1, 0.15) is 5.75 Å². The van der Waals surface area contributed by atoms with Crippen molar-refractivity contribution in [3.8, 4) is 5.75 Å². The van der Waals surface area contributed by atoms with Gasteiger partial charge in [-0.2, -0.15) is 0 Å². The Morgan fingerprint density at radius 2 is 2.05 bits per heavy atom. The van der Waals surface area contributed by atoms with E-state index in [0.717, 1.165) is 22.4 Å². The van der Waals surface area contributed by atoms with Gasteiger partial charge in [0.25, 0.3) is 0 Å². The average Bonchev–Trinajstić information content (AvgIpc) is 2.83. The van der Waals surface area contributed by atoms with Crippen LogP contribution in [0.5, 0.6) is 5.75 Å². The van der Waals surface area contributed by atoms with Crippen molar-refractivity contribution in [2.45, 2.75) is 13.1 Å². The van der Waals surface area contributed by atoms with E-state index in [0.29, 0.717) is 18.7 Å². The lowest BCUT2D eigenvalue weighted by Gasteiger charge is -2.09. The number of nitrogens with zero attached hydrogens (tertiary/aromatic N) is 1. The van der Waals surface area contributed by atoms with Crippen LogP contribution in [0.2, 0.25) is 0 Å². The standard InChI is InChI=1S/C16H16N2O3/c1-20-14-7-6-11(8-12(14)9-17)10-18-13-4-2-3-5-15(13)21-16(18)19/h2-8H,9-10,17H2,1H3. The Hall–Kier alpha value is -2.53. The number of fused-ring (bicyclic) bond motifs is 1. The van der Waals surface area contributed by atoms with Crippen LogP contribution in [-0.2, 0) is 13.1 Å². The molecule has 108 valence electrons. The maximum Gasteiger partial charge on any atom is 0.420 e. The Kier molecular flexibility index (Phi) is 3.50. The molecule has 0 unspecified atom stereocenters. The summed E-state index contributed by atoms with van der Waals surface area (Å²) in [5.41, 5.74) is 8.99. The van der Waals surface area contributed by atoms with Crippen molar-refractivity contribution in [3.63, 3.8) is 0 Å². The van der Waals surface area contributed by atoms with E-state index in [1.165, 1.54) is 0 Å². The van der Waals surface area contributed by atoms with Gasteiger partial charge in [-0.1, -0.05) is 18.2 Å². The minimum atomic E-state index is -0.360. The molecule has 0 aliphatic heterocycles. The molecule has 21 heavy (non-hydrogen) atoms. The Morgan fingerprint density at radius 3 is 2.81 bits per heavy atom. The number of para-hydroxylation sites is 2. The molecule has 2 N–H and O–H groups in total. The van der Waals surface area contributed by atoms with Gasteiger partial charge in [0.2, 0.25) is 0 Å². The minimum absolute atomic E-state index is 0.360. The van der Waals surface area contributed by atoms with Crippen molar-refractivity contribution >= 4 is 11.1 Å². The molecule has 2 aromatic carbocycles. The molecule has 0 bridgehead atoms. The van der Waals surface area contributed by atoms with Crippen molar-refractivity contribution in [2.24, 2.45) is 5.73 Å². The molecular formula is C16H16N2O3. The molecule has 0 radical (unpaired) electrons. The molecule has 5 nitrogen and oxygen atoms in total. The zero-order chi connectivity index (χ0) is 14.8. The lowest BCUT2D eigenvalue weighted by Crippen LogP contribution is -2.15. The molecule has 0 aliphatic rings. The van der Waals surface area contributed by atoms with E-state index >= 15 is 0 Å². The van der Waals surface area contributed by atoms with Crippen LogP contribution in [0.3, 0.4) is 0 Å². The van der Waals surface area contributed by atoms with Crippen molar-refractivity contribution in [1.82, 2.24) is 4.57 Å².